The molecule has 0 aromatic heterocycles. The minimum atomic E-state index is -3.24. The summed E-state index contributed by atoms with van der Waals surface area (Å²) in [4.78, 5) is 0. The summed E-state index contributed by atoms with van der Waals surface area (Å²) in [5.74, 6) is 0.428. The SMILES string of the molecule is CCNS(=O)(=O)N1CCCC(CCN)C1.Cl. The van der Waals surface area contributed by atoms with Crippen molar-refractivity contribution in [1.29, 1.82) is 0 Å². The summed E-state index contributed by atoms with van der Waals surface area (Å²) in [7, 11) is -3.24. The van der Waals surface area contributed by atoms with E-state index >= 15 is 0 Å². The van der Waals surface area contributed by atoms with E-state index in [1.54, 1.807) is 11.2 Å². The highest BCUT2D eigenvalue weighted by Gasteiger charge is 2.27. The van der Waals surface area contributed by atoms with Gasteiger partial charge in [0.15, 0.2) is 0 Å². The maximum absolute atomic E-state index is 11.7. The van der Waals surface area contributed by atoms with Crippen molar-refractivity contribution in [2.75, 3.05) is 26.2 Å². The lowest BCUT2D eigenvalue weighted by atomic mass is 9.96. The topological polar surface area (TPSA) is 75.4 Å². The molecule has 0 aliphatic carbocycles. The van der Waals surface area contributed by atoms with E-state index in [0.29, 0.717) is 32.1 Å². The average Bonchev–Trinajstić information content (AvgIpc) is 2.19. The van der Waals surface area contributed by atoms with Crippen LogP contribution in [0.5, 0.6) is 0 Å². The van der Waals surface area contributed by atoms with Crippen LogP contribution in [0.2, 0.25) is 0 Å². The molecule has 1 fully saturated rings. The lowest BCUT2D eigenvalue weighted by molar-refractivity contribution is 0.256. The van der Waals surface area contributed by atoms with Crippen molar-refractivity contribution >= 4 is 22.6 Å². The first-order valence-electron chi connectivity index (χ1n) is 5.55. The lowest BCUT2D eigenvalue weighted by Gasteiger charge is -2.31. The zero-order valence-corrected chi connectivity index (χ0v) is 11.3. The Labute approximate surface area is 104 Å². The van der Waals surface area contributed by atoms with E-state index in [-0.39, 0.29) is 12.4 Å². The van der Waals surface area contributed by atoms with E-state index in [2.05, 4.69) is 4.72 Å². The first-order valence-corrected chi connectivity index (χ1v) is 6.99. The highest BCUT2D eigenvalue weighted by atomic mass is 35.5. The summed E-state index contributed by atoms with van der Waals surface area (Å²) in [6, 6.07) is 0. The highest BCUT2D eigenvalue weighted by Crippen LogP contribution is 2.20. The Hall–Kier alpha value is 0.120. The van der Waals surface area contributed by atoms with Crippen molar-refractivity contribution in [1.82, 2.24) is 9.03 Å². The molecule has 0 bridgehead atoms. The van der Waals surface area contributed by atoms with Gasteiger partial charge in [0.25, 0.3) is 10.2 Å². The number of nitrogens with two attached hydrogens (primary N) is 1. The maximum atomic E-state index is 11.7. The van der Waals surface area contributed by atoms with E-state index in [1.807, 2.05) is 0 Å². The van der Waals surface area contributed by atoms with E-state index in [0.717, 1.165) is 19.3 Å². The molecule has 1 saturated heterocycles. The molecule has 0 spiro atoms. The van der Waals surface area contributed by atoms with Crippen LogP contribution in [0.1, 0.15) is 26.2 Å². The van der Waals surface area contributed by atoms with Gasteiger partial charge in [-0.25, -0.2) is 4.72 Å². The standard InChI is InChI=1S/C9H21N3O2S.ClH/c1-2-11-15(13,14)12-7-3-4-9(8-12)5-6-10;/h9,11H,2-8,10H2,1H3;1H. The van der Waals surface area contributed by atoms with Crippen LogP contribution in [0.3, 0.4) is 0 Å². The van der Waals surface area contributed by atoms with Gasteiger partial charge in [0.05, 0.1) is 0 Å². The Balaban J connectivity index is 0.00000225. The number of nitrogens with one attached hydrogen (secondary N) is 1. The molecule has 1 unspecified atom stereocenters. The quantitative estimate of drug-likeness (QED) is 0.756. The lowest BCUT2D eigenvalue weighted by Crippen LogP contribution is -2.46. The van der Waals surface area contributed by atoms with Crippen LogP contribution in [0.15, 0.2) is 0 Å². The fourth-order valence-electron chi connectivity index (χ4n) is 1.99. The van der Waals surface area contributed by atoms with Crippen LogP contribution >= 0.6 is 12.4 Å². The smallest absolute Gasteiger partial charge is 0.279 e. The van der Waals surface area contributed by atoms with Crippen LogP contribution in [0.25, 0.3) is 0 Å². The van der Waals surface area contributed by atoms with Crippen LogP contribution in [0, 0.1) is 5.92 Å². The third-order valence-electron chi connectivity index (χ3n) is 2.72. The molecule has 3 N–H and O–H groups in total. The Kier molecular flexibility index (Phi) is 7.50. The molecule has 98 valence electrons. The monoisotopic (exact) mass is 271 g/mol. The molecule has 1 aliphatic heterocycles. The van der Waals surface area contributed by atoms with Gasteiger partial charge < -0.3 is 5.73 Å². The van der Waals surface area contributed by atoms with Gasteiger partial charge in [-0.15, -0.1) is 12.4 Å². The number of halogens is 1. The molecule has 1 atom stereocenters. The minimum absolute atomic E-state index is 0. The van der Waals surface area contributed by atoms with E-state index in [9.17, 15) is 8.42 Å². The summed E-state index contributed by atoms with van der Waals surface area (Å²) >= 11 is 0. The number of nitrogens with zero attached hydrogens (tertiary/aromatic N) is 1. The second kappa shape index (κ2) is 7.45. The first kappa shape index (κ1) is 16.1. The molecule has 1 aliphatic rings. The summed E-state index contributed by atoms with van der Waals surface area (Å²) in [6.45, 7) is 4.13. The predicted octanol–water partition coefficient (Wildman–Crippen LogP) is 0.323. The average molecular weight is 272 g/mol. The van der Waals surface area contributed by atoms with E-state index in [1.165, 1.54) is 0 Å². The first-order chi connectivity index (χ1) is 7.10. The van der Waals surface area contributed by atoms with Crippen molar-refractivity contribution in [3.05, 3.63) is 0 Å². The van der Waals surface area contributed by atoms with Gasteiger partial charge >= 0.3 is 0 Å². The molecule has 16 heavy (non-hydrogen) atoms. The largest absolute Gasteiger partial charge is 0.330 e. The van der Waals surface area contributed by atoms with Crippen molar-refractivity contribution in [2.45, 2.75) is 26.2 Å². The molecule has 0 aromatic rings. The number of hydrogen-bond donors (Lipinski definition) is 2. The fourth-order valence-corrected chi connectivity index (χ4v) is 3.31. The summed E-state index contributed by atoms with van der Waals surface area (Å²) in [5.41, 5.74) is 5.49. The second-order valence-electron chi connectivity index (χ2n) is 3.95. The Morgan fingerprint density at radius 1 is 1.50 bits per heavy atom. The Morgan fingerprint density at radius 2 is 2.19 bits per heavy atom. The predicted molar refractivity (Wildman–Crippen MR) is 67.8 cm³/mol. The Morgan fingerprint density at radius 3 is 2.75 bits per heavy atom. The number of piperidine rings is 1. The van der Waals surface area contributed by atoms with Gasteiger partial charge in [0.2, 0.25) is 0 Å². The summed E-state index contributed by atoms with van der Waals surface area (Å²) in [6.07, 6.45) is 2.95. The molecular formula is C9H22ClN3O2S. The van der Waals surface area contributed by atoms with Gasteiger partial charge in [-0.2, -0.15) is 12.7 Å². The van der Waals surface area contributed by atoms with Crippen molar-refractivity contribution in [2.24, 2.45) is 11.7 Å². The van der Waals surface area contributed by atoms with Crippen molar-refractivity contribution < 1.29 is 8.42 Å². The molecule has 1 rings (SSSR count). The Bertz CT molecular complexity index is 282. The van der Waals surface area contributed by atoms with Crippen LogP contribution in [-0.4, -0.2) is 38.9 Å². The maximum Gasteiger partial charge on any atom is 0.279 e. The summed E-state index contributed by atoms with van der Waals surface area (Å²) < 4.78 is 27.5. The third kappa shape index (κ3) is 4.55. The molecule has 0 amide bonds. The highest BCUT2D eigenvalue weighted by molar-refractivity contribution is 7.87. The third-order valence-corrected chi connectivity index (χ3v) is 4.39. The van der Waals surface area contributed by atoms with Gasteiger partial charge in [-0.3, -0.25) is 0 Å². The molecule has 1 heterocycles. The summed E-state index contributed by atoms with van der Waals surface area (Å²) in [5, 5.41) is 0. The zero-order valence-electron chi connectivity index (χ0n) is 9.68. The van der Waals surface area contributed by atoms with Gasteiger partial charge in [-0.05, 0) is 31.7 Å². The molecular weight excluding hydrogens is 250 g/mol. The van der Waals surface area contributed by atoms with E-state index < -0.39 is 10.2 Å². The number of rotatable bonds is 5. The molecule has 5 nitrogen and oxygen atoms in total. The van der Waals surface area contributed by atoms with Crippen molar-refractivity contribution in [3.8, 4) is 0 Å². The molecule has 0 radical (unpaired) electrons. The van der Waals surface area contributed by atoms with Crippen LogP contribution < -0.4 is 10.5 Å². The van der Waals surface area contributed by atoms with E-state index in [4.69, 9.17) is 5.73 Å². The van der Waals surface area contributed by atoms with Gasteiger partial charge in [-0.1, -0.05) is 6.92 Å². The molecule has 0 aromatic carbocycles. The van der Waals surface area contributed by atoms with Crippen LogP contribution in [0.4, 0.5) is 0 Å². The van der Waals surface area contributed by atoms with Gasteiger partial charge in [0, 0.05) is 19.6 Å². The molecule has 7 heteroatoms. The zero-order chi connectivity index (χ0) is 11.3. The van der Waals surface area contributed by atoms with Crippen molar-refractivity contribution in [3.63, 3.8) is 0 Å². The van der Waals surface area contributed by atoms with Crippen LogP contribution in [-0.2, 0) is 10.2 Å². The van der Waals surface area contributed by atoms with Gasteiger partial charge in [0.1, 0.15) is 0 Å². The molecule has 0 saturated carbocycles. The normalized spacial score (nSPS) is 22.8. The fraction of sp³-hybridized carbons (Fsp3) is 1.00. The second-order valence-corrected chi connectivity index (χ2v) is 5.70. The minimum Gasteiger partial charge on any atom is -0.330 e. The number of hydrogen-bond acceptors (Lipinski definition) is 3.